The molecule has 0 radical (unpaired) electrons. The number of amides is 1. The number of rotatable bonds is 9. The van der Waals surface area contributed by atoms with Crippen molar-refractivity contribution in [2.45, 2.75) is 32.0 Å². The standard InChI is InChI=1S/C20H26N2O3S/c1-24-19-9-3-2-6-16(19)12-21-20(23)15-22(13-17-7-4-10-25-17)14-18-8-5-11-26-18/h2-3,5-6,8-9,11,17H,4,7,10,12-15H2,1H3,(H,21,23)/p+1/t17-/m0/s1. The summed E-state index contributed by atoms with van der Waals surface area (Å²) in [4.78, 5) is 15.1. The van der Waals surface area contributed by atoms with Crippen LogP contribution < -0.4 is 15.0 Å². The van der Waals surface area contributed by atoms with E-state index in [9.17, 15) is 4.79 Å². The fraction of sp³-hybridized carbons (Fsp3) is 0.450. The Kier molecular flexibility index (Phi) is 7.05. The highest BCUT2D eigenvalue weighted by molar-refractivity contribution is 7.09. The number of nitrogens with one attached hydrogen (secondary N) is 2. The van der Waals surface area contributed by atoms with Crippen molar-refractivity contribution < 1.29 is 19.2 Å². The van der Waals surface area contributed by atoms with Crippen molar-refractivity contribution in [1.29, 1.82) is 0 Å². The third kappa shape index (κ3) is 5.56. The summed E-state index contributed by atoms with van der Waals surface area (Å²) in [6.45, 7) is 3.51. The van der Waals surface area contributed by atoms with Crippen molar-refractivity contribution in [2.75, 3.05) is 26.8 Å². The van der Waals surface area contributed by atoms with Gasteiger partial charge in [0.25, 0.3) is 5.91 Å². The van der Waals surface area contributed by atoms with Crippen molar-refractivity contribution in [2.24, 2.45) is 0 Å². The number of carbonyl (C=O) groups is 1. The maximum atomic E-state index is 12.5. The van der Waals surface area contributed by atoms with Crippen LogP contribution in [0.15, 0.2) is 41.8 Å². The van der Waals surface area contributed by atoms with Gasteiger partial charge in [-0.2, -0.15) is 0 Å². The van der Waals surface area contributed by atoms with Gasteiger partial charge < -0.3 is 19.7 Å². The van der Waals surface area contributed by atoms with E-state index in [2.05, 4.69) is 22.8 Å². The highest BCUT2D eigenvalue weighted by Gasteiger charge is 2.24. The largest absolute Gasteiger partial charge is 0.496 e. The summed E-state index contributed by atoms with van der Waals surface area (Å²) in [7, 11) is 1.65. The average Bonchev–Trinajstić information content (AvgIpc) is 3.34. The maximum absolute atomic E-state index is 12.5. The van der Waals surface area contributed by atoms with E-state index in [-0.39, 0.29) is 12.0 Å². The molecule has 0 aliphatic carbocycles. The monoisotopic (exact) mass is 375 g/mol. The van der Waals surface area contributed by atoms with Gasteiger partial charge in [0.05, 0.1) is 12.0 Å². The minimum atomic E-state index is 0.0560. The molecule has 2 N–H and O–H groups in total. The van der Waals surface area contributed by atoms with E-state index in [0.29, 0.717) is 13.1 Å². The number of hydrogen-bond donors (Lipinski definition) is 2. The molecule has 26 heavy (non-hydrogen) atoms. The van der Waals surface area contributed by atoms with Crippen molar-refractivity contribution in [3.8, 4) is 5.75 Å². The Bertz CT molecular complexity index is 684. The Labute approximate surface area is 158 Å². The maximum Gasteiger partial charge on any atom is 0.275 e. The molecule has 6 heteroatoms. The molecule has 2 aromatic rings. The number of carbonyl (C=O) groups excluding carboxylic acids is 1. The molecule has 0 bridgehead atoms. The van der Waals surface area contributed by atoms with Gasteiger partial charge in [0.15, 0.2) is 6.54 Å². The van der Waals surface area contributed by atoms with E-state index in [1.54, 1.807) is 18.4 Å². The first-order chi connectivity index (χ1) is 12.7. The van der Waals surface area contributed by atoms with Crippen LogP contribution in [-0.4, -0.2) is 38.8 Å². The first-order valence-corrected chi connectivity index (χ1v) is 9.98. The van der Waals surface area contributed by atoms with Crippen LogP contribution in [0.25, 0.3) is 0 Å². The zero-order valence-electron chi connectivity index (χ0n) is 15.2. The molecule has 0 saturated carbocycles. The minimum Gasteiger partial charge on any atom is -0.496 e. The van der Waals surface area contributed by atoms with Crippen molar-refractivity contribution in [3.05, 3.63) is 52.2 Å². The molecule has 1 unspecified atom stereocenters. The van der Waals surface area contributed by atoms with Gasteiger partial charge in [0.2, 0.25) is 0 Å². The van der Waals surface area contributed by atoms with E-state index in [0.717, 1.165) is 43.9 Å². The number of thiophene rings is 1. The van der Waals surface area contributed by atoms with Gasteiger partial charge in [-0.1, -0.05) is 24.3 Å². The Balaban J connectivity index is 1.55. The van der Waals surface area contributed by atoms with Gasteiger partial charge in [0.1, 0.15) is 24.9 Å². The third-order valence-electron chi connectivity index (χ3n) is 4.62. The van der Waals surface area contributed by atoms with E-state index in [1.807, 2.05) is 24.3 Å². The quantitative estimate of drug-likeness (QED) is 0.701. The number of hydrogen-bond acceptors (Lipinski definition) is 4. The molecule has 0 spiro atoms. The molecule has 1 aromatic heterocycles. The molecule has 2 heterocycles. The van der Waals surface area contributed by atoms with Gasteiger partial charge in [-0.25, -0.2) is 0 Å². The zero-order chi connectivity index (χ0) is 18.2. The lowest BCUT2D eigenvalue weighted by molar-refractivity contribution is -0.908. The van der Waals surface area contributed by atoms with E-state index in [1.165, 1.54) is 9.78 Å². The highest BCUT2D eigenvalue weighted by Crippen LogP contribution is 2.16. The number of para-hydroxylation sites is 1. The SMILES string of the molecule is COc1ccccc1CNC(=O)C[NH+](Cc1cccs1)C[C@@H]1CCCO1. The third-order valence-corrected chi connectivity index (χ3v) is 5.50. The Morgan fingerprint density at radius 3 is 2.96 bits per heavy atom. The molecule has 1 aliphatic heterocycles. The summed E-state index contributed by atoms with van der Waals surface area (Å²) in [5, 5.41) is 5.12. The summed E-state index contributed by atoms with van der Waals surface area (Å²) in [6.07, 6.45) is 2.49. The Hall–Kier alpha value is -1.89. The molecular weight excluding hydrogens is 348 g/mol. The highest BCUT2D eigenvalue weighted by atomic mass is 32.1. The van der Waals surface area contributed by atoms with E-state index in [4.69, 9.17) is 9.47 Å². The van der Waals surface area contributed by atoms with Crippen molar-refractivity contribution in [3.63, 3.8) is 0 Å². The van der Waals surface area contributed by atoms with Gasteiger partial charge in [-0.05, 0) is 30.4 Å². The second kappa shape index (κ2) is 9.71. The molecule has 2 atom stereocenters. The minimum absolute atomic E-state index is 0.0560. The first kappa shape index (κ1) is 18.9. The number of methoxy groups -OCH3 is 1. The van der Waals surface area contributed by atoms with Crippen molar-refractivity contribution in [1.82, 2.24) is 5.32 Å². The average molecular weight is 376 g/mol. The molecule has 5 nitrogen and oxygen atoms in total. The predicted octanol–water partition coefficient (Wildman–Crippen LogP) is 1.64. The summed E-state index contributed by atoms with van der Waals surface area (Å²) in [5.41, 5.74) is 0.988. The first-order valence-electron chi connectivity index (χ1n) is 9.10. The topological polar surface area (TPSA) is 52.0 Å². The molecule has 1 amide bonds. The van der Waals surface area contributed by atoms with Crippen LogP contribution in [0.2, 0.25) is 0 Å². The number of benzene rings is 1. The molecule has 140 valence electrons. The molecule has 1 aromatic carbocycles. The van der Waals surface area contributed by atoms with Crippen LogP contribution in [0, 0.1) is 0 Å². The van der Waals surface area contributed by atoms with Crippen LogP contribution in [0.5, 0.6) is 5.75 Å². The molecule has 3 rings (SSSR count). The second-order valence-electron chi connectivity index (χ2n) is 6.61. The summed E-state index contributed by atoms with van der Waals surface area (Å²) in [5.74, 6) is 0.857. The van der Waals surface area contributed by atoms with Gasteiger partial charge in [-0.15, -0.1) is 11.3 Å². The normalized spacial score (nSPS) is 17.8. The van der Waals surface area contributed by atoms with Crippen molar-refractivity contribution >= 4 is 17.2 Å². The molecule has 1 saturated heterocycles. The van der Waals surface area contributed by atoms with E-state index < -0.39 is 0 Å². The van der Waals surface area contributed by atoms with Gasteiger partial charge in [0, 0.05) is 18.7 Å². The van der Waals surface area contributed by atoms with Crippen LogP contribution in [0.3, 0.4) is 0 Å². The Morgan fingerprint density at radius 2 is 2.23 bits per heavy atom. The van der Waals surface area contributed by atoms with Gasteiger partial charge >= 0.3 is 0 Å². The van der Waals surface area contributed by atoms with Crippen LogP contribution in [-0.2, 0) is 22.6 Å². The lowest BCUT2D eigenvalue weighted by Gasteiger charge is -2.21. The lowest BCUT2D eigenvalue weighted by atomic mass is 10.2. The molecular formula is C20H27N2O3S+. The fourth-order valence-corrected chi connectivity index (χ4v) is 4.10. The van der Waals surface area contributed by atoms with Crippen LogP contribution in [0.4, 0.5) is 0 Å². The second-order valence-corrected chi connectivity index (χ2v) is 7.64. The fourth-order valence-electron chi connectivity index (χ4n) is 3.33. The number of ether oxygens (including phenoxy) is 2. The summed E-state index contributed by atoms with van der Waals surface area (Å²) in [6, 6.07) is 12.0. The smallest absolute Gasteiger partial charge is 0.275 e. The van der Waals surface area contributed by atoms with Crippen LogP contribution >= 0.6 is 11.3 Å². The Morgan fingerprint density at radius 1 is 1.35 bits per heavy atom. The summed E-state index contributed by atoms with van der Waals surface area (Å²) < 4.78 is 11.1. The van der Waals surface area contributed by atoms with Crippen LogP contribution in [0.1, 0.15) is 23.3 Å². The van der Waals surface area contributed by atoms with Gasteiger partial charge in [-0.3, -0.25) is 4.79 Å². The lowest BCUT2D eigenvalue weighted by Crippen LogP contribution is -3.13. The predicted molar refractivity (Wildman–Crippen MR) is 103 cm³/mol. The molecule has 1 aliphatic rings. The van der Waals surface area contributed by atoms with E-state index >= 15 is 0 Å². The summed E-state index contributed by atoms with van der Waals surface area (Å²) >= 11 is 1.74. The molecule has 1 fully saturated rings. The zero-order valence-corrected chi connectivity index (χ0v) is 16.0. The number of quaternary nitrogens is 1.